The molecule has 0 spiro atoms. The van der Waals surface area contributed by atoms with Crippen molar-refractivity contribution in [3.05, 3.63) is 188 Å². The van der Waals surface area contributed by atoms with Gasteiger partial charge in [-0.3, -0.25) is 14.5 Å². The van der Waals surface area contributed by atoms with Crippen LogP contribution in [0, 0.1) is 0 Å². The van der Waals surface area contributed by atoms with Gasteiger partial charge in [-0.1, -0.05) is 109 Å². The summed E-state index contributed by atoms with van der Waals surface area (Å²) in [6, 6.07) is -8.15. The van der Waals surface area contributed by atoms with Gasteiger partial charge in [-0.2, -0.15) is 0 Å². The molecule has 12 rings (SSSR count). The maximum atomic E-state index is 9.97. The van der Waals surface area contributed by atoms with Crippen LogP contribution in [0.2, 0.25) is 0 Å². The van der Waals surface area contributed by atoms with Crippen LogP contribution in [-0.4, -0.2) is 33.6 Å². The molecule has 6 aromatic carbocycles. The molecule has 0 aliphatic rings. The first kappa shape index (κ1) is 16.9. The minimum absolute atomic E-state index is 0.00596. The smallest absolute Gasteiger partial charge is 0.164 e. The summed E-state index contributed by atoms with van der Waals surface area (Å²) in [5, 5.41) is -0.189. The molecule has 12 aromatic rings. The molecule has 0 aliphatic carbocycles. The molecule has 0 atom stereocenters. The third-order valence-electron chi connectivity index (χ3n) is 9.76. The molecule has 0 unspecified atom stereocenters. The Morgan fingerprint density at radius 2 is 0.947 bits per heavy atom. The summed E-state index contributed by atoms with van der Waals surface area (Å²) in [4.78, 5) is 18.5. The molecule has 6 heterocycles. The summed E-state index contributed by atoms with van der Waals surface area (Å²) in [5.74, 6) is -1.22. The van der Waals surface area contributed by atoms with E-state index in [1.807, 2.05) is 0 Å². The Morgan fingerprint density at radius 3 is 1.56 bits per heavy atom. The zero-order valence-corrected chi connectivity index (χ0v) is 28.8. The zero-order chi connectivity index (χ0) is 56.6. The van der Waals surface area contributed by atoms with Gasteiger partial charge in [0.2, 0.25) is 0 Å². The fourth-order valence-electron chi connectivity index (χ4n) is 7.48. The van der Waals surface area contributed by atoms with Gasteiger partial charge in [0.05, 0.1) is 92.7 Å². The molecule has 6 aromatic heterocycles. The highest BCUT2D eigenvalue weighted by molar-refractivity contribution is 6.12. The second kappa shape index (κ2) is 12.3. The monoisotopic (exact) mass is 751 g/mol. The lowest BCUT2D eigenvalue weighted by Crippen LogP contribution is -2.08. The Balaban J connectivity index is 1.37. The highest BCUT2D eigenvalue weighted by Crippen LogP contribution is 2.42. The van der Waals surface area contributed by atoms with Gasteiger partial charge in [0.1, 0.15) is 5.82 Å². The lowest BCUT2D eigenvalue weighted by atomic mass is 10.1. The number of hydrogen-bond donors (Lipinski definition) is 0. The van der Waals surface area contributed by atoms with E-state index in [9.17, 15) is 11.0 Å². The predicted molar refractivity (Wildman–Crippen MR) is 232 cm³/mol. The Labute approximate surface area is 357 Å². The number of aromatic nitrogens is 7. The van der Waals surface area contributed by atoms with Gasteiger partial charge >= 0.3 is 0 Å². The molecule has 7 heteroatoms. The van der Waals surface area contributed by atoms with Crippen molar-refractivity contribution in [1.82, 2.24) is 33.6 Å². The molecule has 0 radical (unpaired) electrons. The summed E-state index contributed by atoms with van der Waals surface area (Å²) >= 11 is 0. The third-order valence-corrected chi connectivity index (χ3v) is 9.76. The topological polar surface area (TPSA) is 66.3 Å². The first-order chi connectivity index (χ1) is 37.5. The van der Waals surface area contributed by atoms with E-state index in [4.69, 9.17) is 29.2 Å². The van der Waals surface area contributed by atoms with E-state index >= 15 is 0 Å². The van der Waals surface area contributed by atoms with Gasteiger partial charge in [0, 0.05) is 61.9 Å². The quantitative estimate of drug-likeness (QED) is 0.176. The minimum atomic E-state index is -0.863. The van der Waals surface area contributed by atoms with E-state index in [1.54, 1.807) is 6.07 Å². The highest BCUT2D eigenvalue weighted by atomic mass is 15.1. The number of nitrogens with zero attached hydrogens (tertiary/aromatic N) is 7. The molecular weight excluding hydrogens is 699 g/mol. The largest absolute Gasteiger partial charge is 0.306 e. The minimum Gasteiger partial charge on any atom is -0.306 e. The van der Waals surface area contributed by atoms with Crippen LogP contribution in [0.1, 0.15) is 30.2 Å². The van der Waals surface area contributed by atoms with Crippen LogP contribution in [0.25, 0.3) is 105 Å². The predicted octanol–water partition coefficient (Wildman–Crippen LogP) is 11.9. The van der Waals surface area contributed by atoms with Crippen LogP contribution >= 0.6 is 0 Å². The van der Waals surface area contributed by atoms with Crippen molar-refractivity contribution in [1.29, 1.82) is 0 Å². The summed E-state index contributed by atoms with van der Waals surface area (Å²) in [6.07, 6.45) is 5.60. The molecule has 57 heavy (non-hydrogen) atoms. The van der Waals surface area contributed by atoms with E-state index in [2.05, 4.69) is 9.97 Å². The molecule has 0 saturated heterocycles. The summed E-state index contributed by atoms with van der Waals surface area (Å²) in [5.41, 5.74) is -2.50. The summed E-state index contributed by atoms with van der Waals surface area (Å²) in [7, 11) is 0. The van der Waals surface area contributed by atoms with Gasteiger partial charge in [-0.15, -0.1) is 0 Å². The number of hydrogen-bond acceptors (Lipinski definition) is 4. The van der Waals surface area contributed by atoms with Crippen molar-refractivity contribution < 1.29 is 30.2 Å². The second-order valence-corrected chi connectivity index (χ2v) is 12.7. The van der Waals surface area contributed by atoms with Gasteiger partial charge in [0.25, 0.3) is 0 Å². The third kappa shape index (κ3) is 4.66. The van der Waals surface area contributed by atoms with Crippen LogP contribution in [0.5, 0.6) is 0 Å². The average molecular weight is 752 g/mol. The molecule has 0 bridgehead atoms. The van der Waals surface area contributed by atoms with E-state index in [-0.39, 0.29) is 55.2 Å². The van der Waals surface area contributed by atoms with E-state index in [0.717, 1.165) is 4.57 Å². The highest BCUT2D eigenvalue weighted by Gasteiger charge is 2.25. The number of rotatable bonds is 5. The van der Waals surface area contributed by atoms with Gasteiger partial charge < -0.3 is 9.13 Å². The zero-order valence-electron chi connectivity index (χ0n) is 50.8. The van der Waals surface area contributed by atoms with Crippen molar-refractivity contribution in [2.75, 3.05) is 0 Å². The fraction of sp³-hybridized carbons (Fsp3) is 0. The van der Waals surface area contributed by atoms with Crippen LogP contribution in [-0.2, 0) is 0 Å². The molecular formula is C50H31N7. The van der Waals surface area contributed by atoms with Crippen LogP contribution in [0.4, 0.5) is 0 Å². The maximum Gasteiger partial charge on any atom is 0.164 e. The van der Waals surface area contributed by atoms with Crippen LogP contribution in [0.15, 0.2) is 188 Å². The molecule has 0 fully saturated rings. The van der Waals surface area contributed by atoms with E-state index in [1.165, 1.54) is 58.2 Å². The summed E-state index contributed by atoms with van der Waals surface area (Å²) in [6.45, 7) is 0. The second-order valence-electron chi connectivity index (χ2n) is 12.7. The molecule has 266 valence electrons. The Bertz CT molecular complexity index is 4730. The van der Waals surface area contributed by atoms with Gasteiger partial charge in [-0.25, -0.2) is 9.97 Å². The van der Waals surface area contributed by atoms with Crippen LogP contribution < -0.4 is 0 Å². The average Bonchev–Trinajstić information content (AvgIpc) is 3.33. The van der Waals surface area contributed by atoms with Crippen molar-refractivity contribution >= 4 is 65.4 Å². The number of fused-ring (bicyclic) bond motifs is 9. The lowest BCUT2D eigenvalue weighted by molar-refractivity contribution is 1.03. The Morgan fingerprint density at radius 1 is 0.439 bits per heavy atom. The summed E-state index contributed by atoms with van der Waals surface area (Å²) < 4.78 is 202. The van der Waals surface area contributed by atoms with Crippen molar-refractivity contribution in [3.63, 3.8) is 0 Å². The first-order valence-corrected chi connectivity index (χ1v) is 17.3. The Hall–Kier alpha value is -7.90. The first-order valence-electron chi connectivity index (χ1n) is 28.3. The fourth-order valence-corrected chi connectivity index (χ4v) is 7.48. The normalized spacial score (nSPS) is 17.3. The number of pyridine rings is 2. The number of benzene rings is 6. The molecule has 0 aliphatic heterocycles. The van der Waals surface area contributed by atoms with Crippen LogP contribution in [0.3, 0.4) is 0 Å². The molecule has 0 amide bonds. The van der Waals surface area contributed by atoms with E-state index in [0.29, 0.717) is 5.39 Å². The van der Waals surface area contributed by atoms with Crippen molar-refractivity contribution in [2.24, 2.45) is 0 Å². The molecule has 0 N–H and O–H groups in total. The van der Waals surface area contributed by atoms with Gasteiger partial charge in [0.15, 0.2) is 5.82 Å². The molecule has 0 saturated carbocycles. The SMILES string of the molecule is [2H]c1c(-c2c([2H])c([2H])c([2H])c([2H])c2[2H])nc(-c2cccc(-n3c4cnccc4c4c([2H])c([2H])c([2H])c([2H])c43)c2-n2c3cnccc3c3c([2H])c([2H])c([2H])c([2H])c32)nc1-n1c2c([2H])c([2H])c([2H])c([2H])c2c2c([2H])c([2H])c([2H])c([2H])c21. The van der Waals surface area contributed by atoms with Gasteiger partial charge in [-0.05, 0) is 48.4 Å². The standard InChI is InChI=1S/C50H31N7/c1-2-13-32(14-3-1)40-29-48(56-42-21-9-5-15-33(42)34-16-6-10-22-43(34)56)54-50(53-40)39-19-12-24-45(55-41-20-8-4-17-35(41)37-25-27-51-30-46(37)55)49(39)57-44-23-11-7-18-36(44)38-26-28-52-31-47(38)57/h1-31H/i1D,2D,3D,4D,5D,6D,7D,8D,9D,10D,11D,13D,14D,15D,16D,17D,18D,20D,21D,22D,23D,29D. The molecule has 7 nitrogen and oxygen atoms in total. The van der Waals surface area contributed by atoms with E-state index < -0.39 is 178 Å². The Kier molecular flexibility index (Phi) is 3.64. The van der Waals surface area contributed by atoms with Crippen molar-refractivity contribution in [3.8, 4) is 39.8 Å². The lowest BCUT2D eigenvalue weighted by Gasteiger charge is -2.20. The maximum absolute atomic E-state index is 9.97. The number of para-hydroxylation sites is 5. The van der Waals surface area contributed by atoms with Crippen molar-refractivity contribution in [2.45, 2.75) is 0 Å².